The van der Waals surface area contributed by atoms with Gasteiger partial charge >= 0.3 is 5.97 Å². The van der Waals surface area contributed by atoms with E-state index in [-0.39, 0.29) is 24.6 Å². The average molecular weight is 556 g/mol. The molecule has 4 rings (SSSR count). The maximum Gasteiger partial charge on any atom is 0.335 e. The Morgan fingerprint density at radius 3 is 2.47 bits per heavy atom. The van der Waals surface area contributed by atoms with Crippen molar-refractivity contribution in [3.63, 3.8) is 0 Å². The van der Waals surface area contributed by atoms with Gasteiger partial charge in [0.15, 0.2) is 0 Å². The number of aromatic nitrogens is 2. The number of anilines is 1. The first-order chi connectivity index (χ1) is 18.1. The largest absolute Gasteiger partial charge is 0.487 e. The molecule has 3 aromatic carbocycles. The summed E-state index contributed by atoms with van der Waals surface area (Å²) in [6.45, 7) is 6.57. The molecule has 198 valence electrons. The van der Waals surface area contributed by atoms with Crippen LogP contribution in [0.15, 0.2) is 60.8 Å². The number of carboxylic acid groups (broad SMARTS) is 1. The summed E-state index contributed by atoms with van der Waals surface area (Å²) >= 11 is 12.9. The molecule has 0 amide bonds. The molecule has 9 heteroatoms. The number of carbonyl (C=O) groups is 1. The fourth-order valence-electron chi connectivity index (χ4n) is 4.36. The molecule has 0 radical (unpaired) electrons. The van der Waals surface area contributed by atoms with Gasteiger partial charge in [-0.05, 0) is 72.5 Å². The van der Waals surface area contributed by atoms with Crippen LogP contribution in [0, 0.1) is 12.7 Å². The molecule has 0 fully saturated rings. The van der Waals surface area contributed by atoms with E-state index in [1.165, 1.54) is 18.2 Å². The van der Waals surface area contributed by atoms with Crippen LogP contribution in [0.25, 0.3) is 5.69 Å². The zero-order valence-corrected chi connectivity index (χ0v) is 23.0. The second-order valence-electron chi connectivity index (χ2n) is 9.39. The summed E-state index contributed by atoms with van der Waals surface area (Å²) in [5, 5.41) is 14.8. The topological polar surface area (TPSA) is 67.6 Å². The lowest BCUT2D eigenvalue weighted by Gasteiger charge is -2.23. The molecule has 0 bridgehead atoms. The van der Waals surface area contributed by atoms with E-state index in [4.69, 9.17) is 27.9 Å². The van der Waals surface area contributed by atoms with Crippen molar-refractivity contribution in [3.05, 3.63) is 105 Å². The lowest BCUT2D eigenvalue weighted by atomic mass is 10.0. The van der Waals surface area contributed by atoms with E-state index in [9.17, 15) is 14.3 Å². The Balaban J connectivity index is 1.55. The number of hydrogen-bond acceptors (Lipinski definition) is 4. The predicted molar refractivity (Wildman–Crippen MR) is 149 cm³/mol. The smallest absolute Gasteiger partial charge is 0.335 e. The van der Waals surface area contributed by atoms with Crippen molar-refractivity contribution >= 4 is 34.9 Å². The highest BCUT2D eigenvalue weighted by molar-refractivity contribution is 6.37. The van der Waals surface area contributed by atoms with Gasteiger partial charge in [-0.25, -0.2) is 13.9 Å². The Kier molecular flexibility index (Phi) is 8.29. The molecular weight excluding hydrogens is 528 g/mol. The standard InChI is InChI=1S/C29H28Cl2FN3O3/c1-17(2)22-14-33-35(28-23(30)6-5-7-24(28)31)27(22)16-38-21-9-11-26(18(3)12-21)34(4)15-20-13-19(29(36)37)8-10-25(20)32/h5-14,17H,15-16H2,1-4H3,(H,36,37). The number of halogens is 3. The molecule has 1 aromatic heterocycles. The Hall–Kier alpha value is -3.55. The minimum Gasteiger partial charge on any atom is -0.487 e. The van der Waals surface area contributed by atoms with Crippen LogP contribution in [0.1, 0.15) is 52.5 Å². The van der Waals surface area contributed by atoms with Crippen LogP contribution >= 0.6 is 23.2 Å². The summed E-state index contributed by atoms with van der Waals surface area (Å²) in [5.41, 5.74) is 4.63. The number of benzene rings is 3. The summed E-state index contributed by atoms with van der Waals surface area (Å²) in [6, 6.07) is 14.8. The van der Waals surface area contributed by atoms with E-state index in [2.05, 4.69) is 18.9 Å². The number of rotatable bonds is 9. The van der Waals surface area contributed by atoms with Crippen molar-refractivity contribution < 1.29 is 19.0 Å². The molecule has 0 saturated carbocycles. The van der Waals surface area contributed by atoms with E-state index in [0.717, 1.165) is 22.5 Å². The first-order valence-corrected chi connectivity index (χ1v) is 12.8. The van der Waals surface area contributed by atoms with Gasteiger partial charge in [-0.15, -0.1) is 0 Å². The van der Waals surface area contributed by atoms with Crippen molar-refractivity contribution in [1.29, 1.82) is 0 Å². The van der Waals surface area contributed by atoms with E-state index < -0.39 is 11.8 Å². The van der Waals surface area contributed by atoms with Crippen LogP contribution in [-0.2, 0) is 13.2 Å². The minimum atomic E-state index is -1.09. The second kappa shape index (κ2) is 11.5. The lowest BCUT2D eigenvalue weighted by molar-refractivity contribution is 0.0696. The van der Waals surface area contributed by atoms with Gasteiger partial charge in [0.25, 0.3) is 0 Å². The molecule has 38 heavy (non-hydrogen) atoms. The van der Waals surface area contributed by atoms with Crippen LogP contribution in [0.3, 0.4) is 0 Å². The number of aromatic carboxylic acids is 1. The fourth-order valence-corrected chi connectivity index (χ4v) is 4.92. The fraction of sp³-hybridized carbons (Fsp3) is 0.241. The van der Waals surface area contributed by atoms with Gasteiger partial charge in [0.2, 0.25) is 0 Å². The Labute approximate surface area is 231 Å². The van der Waals surface area contributed by atoms with Crippen molar-refractivity contribution in [2.45, 2.75) is 39.8 Å². The number of nitrogens with zero attached hydrogens (tertiary/aromatic N) is 3. The molecule has 0 unspecified atom stereocenters. The van der Waals surface area contributed by atoms with Crippen LogP contribution in [-0.4, -0.2) is 27.9 Å². The summed E-state index contributed by atoms with van der Waals surface area (Å²) in [4.78, 5) is 13.2. The second-order valence-corrected chi connectivity index (χ2v) is 10.2. The maximum absolute atomic E-state index is 14.3. The SMILES string of the molecule is Cc1cc(OCc2c(C(C)C)cnn2-c2c(Cl)cccc2Cl)ccc1N(C)Cc1cc(C(=O)O)ccc1F. The number of aryl methyl sites for hydroxylation is 1. The molecule has 0 atom stereocenters. The molecule has 0 saturated heterocycles. The van der Waals surface area contributed by atoms with E-state index >= 15 is 0 Å². The molecule has 1 N–H and O–H groups in total. The summed E-state index contributed by atoms with van der Waals surface area (Å²) in [7, 11) is 1.83. The van der Waals surface area contributed by atoms with Crippen LogP contribution < -0.4 is 9.64 Å². The highest BCUT2D eigenvalue weighted by Crippen LogP contribution is 2.32. The number of carboxylic acids is 1. The molecule has 0 aliphatic carbocycles. The summed E-state index contributed by atoms with van der Waals surface area (Å²) in [6.07, 6.45) is 1.81. The summed E-state index contributed by atoms with van der Waals surface area (Å²) < 4.78 is 22.3. The maximum atomic E-state index is 14.3. The minimum absolute atomic E-state index is 0.0494. The Bertz CT molecular complexity index is 1470. The molecule has 1 heterocycles. The lowest BCUT2D eigenvalue weighted by Crippen LogP contribution is -2.18. The zero-order chi connectivity index (χ0) is 27.6. The van der Waals surface area contributed by atoms with Crippen LogP contribution in [0.5, 0.6) is 5.75 Å². The third-order valence-electron chi connectivity index (χ3n) is 6.33. The molecule has 6 nitrogen and oxygen atoms in total. The van der Waals surface area contributed by atoms with Crippen molar-refractivity contribution in [3.8, 4) is 11.4 Å². The van der Waals surface area contributed by atoms with Gasteiger partial charge in [0.1, 0.15) is 23.9 Å². The molecule has 0 aliphatic heterocycles. The van der Waals surface area contributed by atoms with Gasteiger partial charge in [-0.3, -0.25) is 0 Å². The number of ether oxygens (including phenoxy) is 1. The van der Waals surface area contributed by atoms with Gasteiger partial charge in [0.05, 0.1) is 27.5 Å². The van der Waals surface area contributed by atoms with Crippen LogP contribution in [0.2, 0.25) is 10.0 Å². The zero-order valence-electron chi connectivity index (χ0n) is 21.5. The van der Waals surface area contributed by atoms with E-state index in [0.29, 0.717) is 27.0 Å². The van der Waals surface area contributed by atoms with Crippen LogP contribution in [0.4, 0.5) is 10.1 Å². The molecule has 4 aromatic rings. The first-order valence-electron chi connectivity index (χ1n) is 12.0. The number of para-hydroxylation sites is 1. The highest BCUT2D eigenvalue weighted by Gasteiger charge is 2.20. The van der Waals surface area contributed by atoms with Gasteiger partial charge in [-0.1, -0.05) is 43.1 Å². The average Bonchev–Trinajstić information content (AvgIpc) is 3.27. The van der Waals surface area contributed by atoms with Crippen molar-refractivity contribution in [1.82, 2.24) is 9.78 Å². The monoisotopic (exact) mass is 555 g/mol. The highest BCUT2D eigenvalue weighted by atomic mass is 35.5. The third-order valence-corrected chi connectivity index (χ3v) is 6.94. The van der Waals surface area contributed by atoms with Crippen molar-refractivity contribution in [2.75, 3.05) is 11.9 Å². The first kappa shape index (κ1) is 27.5. The van der Waals surface area contributed by atoms with E-state index in [1.807, 2.05) is 43.3 Å². The Morgan fingerprint density at radius 1 is 1.13 bits per heavy atom. The summed E-state index contributed by atoms with van der Waals surface area (Å²) in [5.74, 6) is -0.672. The van der Waals surface area contributed by atoms with Gasteiger partial charge in [0, 0.05) is 24.8 Å². The molecule has 0 aliphatic rings. The third kappa shape index (κ3) is 5.79. The predicted octanol–water partition coefficient (Wildman–Crippen LogP) is 7.66. The quantitative estimate of drug-likeness (QED) is 0.229. The Morgan fingerprint density at radius 2 is 1.84 bits per heavy atom. The van der Waals surface area contributed by atoms with Crippen molar-refractivity contribution in [2.24, 2.45) is 0 Å². The number of hydrogen-bond donors (Lipinski definition) is 1. The van der Waals surface area contributed by atoms with E-state index in [1.54, 1.807) is 22.9 Å². The van der Waals surface area contributed by atoms with Gasteiger partial charge in [-0.2, -0.15) is 5.10 Å². The normalized spacial score (nSPS) is 11.2. The van der Waals surface area contributed by atoms with Gasteiger partial charge < -0.3 is 14.7 Å². The molecule has 0 spiro atoms. The molecular formula is C29H28Cl2FN3O3.